The number of aliphatic hydroxyl groups is 1. The molecule has 1 aliphatic rings. The van der Waals surface area contributed by atoms with Crippen LogP contribution in [-0.4, -0.2) is 46.0 Å². The lowest BCUT2D eigenvalue weighted by molar-refractivity contribution is -0.147. The molecular weight excluding hydrogens is 226 g/mol. The number of hydrogen-bond donors (Lipinski definition) is 1. The van der Waals surface area contributed by atoms with Gasteiger partial charge in [-0.2, -0.15) is 11.8 Å². The second-order valence-corrected chi connectivity index (χ2v) is 5.38. The van der Waals surface area contributed by atoms with E-state index in [9.17, 15) is 14.7 Å². The molecular formula is C11H19NO3S. The van der Waals surface area contributed by atoms with E-state index in [1.807, 2.05) is 6.26 Å². The van der Waals surface area contributed by atoms with Gasteiger partial charge in [0.2, 0.25) is 11.8 Å². The molecule has 1 aliphatic heterocycles. The number of likely N-dealkylation sites (tertiary alicyclic amines) is 1. The van der Waals surface area contributed by atoms with Gasteiger partial charge in [0.05, 0.1) is 12.1 Å². The average molecular weight is 245 g/mol. The van der Waals surface area contributed by atoms with Crippen LogP contribution in [0, 0.1) is 0 Å². The van der Waals surface area contributed by atoms with Gasteiger partial charge in [-0.05, 0) is 26.0 Å². The lowest BCUT2D eigenvalue weighted by Crippen LogP contribution is -2.47. The summed E-state index contributed by atoms with van der Waals surface area (Å²) in [6.07, 6.45) is 4.26. The highest BCUT2D eigenvalue weighted by molar-refractivity contribution is 7.98. The van der Waals surface area contributed by atoms with Crippen molar-refractivity contribution in [3.63, 3.8) is 0 Å². The van der Waals surface area contributed by atoms with Crippen LogP contribution >= 0.6 is 11.8 Å². The number of rotatable bonds is 4. The predicted molar refractivity (Wildman–Crippen MR) is 64.2 cm³/mol. The Morgan fingerprint density at radius 1 is 1.31 bits per heavy atom. The van der Waals surface area contributed by atoms with Crippen molar-refractivity contribution >= 4 is 23.6 Å². The molecule has 0 aliphatic carbocycles. The summed E-state index contributed by atoms with van der Waals surface area (Å²) in [5, 5.41) is 10.0. The van der Waals surface area contributed by atoms with Gasteiger partial charge in [-0.15, -0.1) is 0 Å². The van der Waals surface area contributed by atoms with Gasteiger partial charge in [-0.3, -0.25) is 14.5 Å². The zero-order valence-electron chi connectivity index (χ0n) is 9.86. The Balaban J connectivity index is 2.68. The van der Waals surface area contributed by atoms with E-state index in [1.54, 1.807) is 6.92 Å². The third kappa shape index (κ3) is 3.79. The molecule has 0 aromatic carbocycles. The van der Waals surface area contributed by atoms with Crippen molar-refractivity contribution in [2.45, 2.75) is 38.2 Å². The molecule has 0 aromatic heterocycles. The lowest BCUT2D eigenvalue weighted by atomic mass is 10.1. The maximum atomic E-state index is 11.7. The molecule has 1 fully saturated rings. The largest absolute Gasteiger partial charge is 0.387 e. The SMILES string of the molecule is CSCC(C)(O)CN1C(=O)CCCCC1=O. The summed E-state index contributed by atoms with van der Waals surface area (Å²) < 4.78 is 0. The monoisotopic (exact) mass is 245 g/mol. The maximum Gasteiger partial charge on any atom is 0.229 e. The number of amides is 2. The van der Waals surface area contributed by atoms with Crippen LogP contribution in [0.15, 0.2) is 0 Å². The van der Waals surface area contributed by atoms with Crippen LogP contribution in [0.5, 0.6) is 0 Å². The Bertz CT molecular complexity index is 260. The van der Waals surface area contributed by atoms with Crippen LogP contribution in [0.3, 0.4) is 0 Å². The van der Waals surface area contributed by atoms with Gasteiger partial charge >= 0.3 is 0 Å². The number of carbonyl (C=O) groups is 2. The fourth-order valence-corrected chi connectivity index (χ4v) is 2.55. The van der Waals surface area contributed by atoms with Crippen molar-refractivity contribution in [3.05, 3.63) is 0 Å². The number of β-amino-alcohol motifs (C(OH)–C–C–N with tert-alkyl or cyclic N) is 1. The van der Waals surface area contributed by atoms with Gasteiger partial charge < -0.3 is 5.11 Å². The minimum absolute atomic E-state index is 0.117. The fraction of sp³-hybridized carbons (Fsp3) is 0.818. The van der Waals surface area contributed by atoms with Gasteiger partial charge in [-0.1, -0.05) is 0 Å². The standard InChI is InChI=1S/C11H19NO3S/c1-11(15,8-16-2)7-12-9(13)5-3-4-6-10(12)14/h15H,3-8H2,1-2H3. The molecule has 1 atom stereocenters. The first-order valence-corrected chi connectivity index (χ1v) is 6.90. The van der Waals surface area contributed by atoms with Crippen LogP contribution < -0.4 is 0 Å². The zero-order valence-corrected chi connectivity index (χ0v) is 10.7. The summed E-state index contributed by atoms with van der Waals surface area (Å²) in [7, 11) is 0. The van der Waals surface area contributed by atoms with Crippen LogP contribution in [0.25, 0.3) is 0 Å². The molecule has 0 radical (unpaired) electrons. The van der Waals surface area contributed by atoms with Crippen molar-refractivity contribution < 1.29 is 14.7 Å². The fourth-order valence-electron chi connectivity index (χ4n) is 1.84. The van der Waals surface area contributed by atoms with Crippen molar-refractivity contribution in [1.82, 2.24) is 4.90 Å². The second-order valence-electron chi connectivity index (χ2n) is 4.51. The van der Waals surface area contributed by atoms with E-state index in [2.05, 4.69) is 0 Å². The molecule has 0 saturated carbocycles. The lowest BCUT2D eigenvalue weighted by Gasteiger charge is -2.29. The van der Waals surface area contributed by atoms with Gasteiger partial charge in [0.1, 0.15) is 0 Å². The number of imide groups is 1. The molecule has 4 nitrogen and oxygen atoms in total. The molecule has 16 heavy (non-hydrogen) atoms. The van der Waals surface area contributed by atoms with Crippen LogP contribution in [-0.2, 0) is 9.59 Å². The third-order valence-electron chi connectivity index (χ3n) is 2.59. The molecule has 2 amide bonds. The molecule has 0 aromatic rings. The Hall–Kier alpha value is -0.550. The van der Waals surface area contributed by atoms with Gasteiger partial charge in [0, 0.05) is 18.6 Å². The molecule has 1 saturated heterocycles. The topological polar surface area (TPSA) is 57.6 Å². The van der Waals surface area contributed by atoms with E-state index in [0.29, 0.717) is 18.6 Å². The first-order valence-electron chi connectivity index (χ1n) is 5.51. The summed E-state index contributed by atoms with van der Waals surface area (Å²) in [5.41, 5.74) is -0.991. The number of hydrogen-bond acceptors (Lipinski definition) is 4. The van der Waals surface area contributed by atoms with Gasteiger partial charge in [-0.25, -0.2) is 0 Å². The maximum absolute atomic E-state index is 11.7. The first-order chi connectivity index (χ1) is 7.46. The smallest absolute Gasteiger partial charge is 0.229 e. The second kappa shape index (κ2) is 5.68. The van der Waals surface area contributed by atoms with Crippen molar-refractivity contribution in [2.24, 2.45) is 0 Å². The summed E-state index contributed by atoms with van der Waals surface area (Å²) >= 11 is 1.51. The highest BCUT2D eigenvalue weighted by Gasteiger charge is 2.31. The van der Waals surface area contributed by atoms with E-state index in [4.69, 9.17) is 0 Å². The Labute approximate surface area is 100 Å². The molecule has 5 heteroatoms. The van der Waals surface area contributed by atoms with Gasteiger partial charge in [0.25, 0.3) is 0 Å². The van der Waals surface area contributed by atoms with E-state index in [-0.39, 0.29) is 18.4 Å². The minimum atomic E-state index is -0.991. The number of nitrogens with zero attached hydrogens (tertiary/aromatic N) is 1. The van der Waals surface area contributed by atoms with E-state index >= 15 is 0 Å². The molecule has 0 bridgehead atoms. The van der Waals surface area contributed by atoms with Crippen molar-refractivity contribution in [2.75, 3.05) is 18.6 Å². The summed E-state index contributed by atoms with van der Waals surface area (Å²) in [6, 6.07) is 0. The van der Waals surface area contributed by atoms with E-state index in [1.165, 1.54) is 16.7 Å². The molecule has 92 valence electrons. The van der Waals surface area contributed by atoms with E-state index < -0.39 is 5.60 Å². The Morgan fingerprint density at radius 3 is 2.25 bits per heavy atom. The highest BCUT2D eigenvalue weighted by atomic mass is 32.2. The third-order valence-corrected chi connectivity index (χ3v) is 3.50. The van der Waals surface area contributed by atoms with Crippen molar-refractivity contribution in [3.8, 4) is 0 Å². The predicted octanol–water partition coefficient (Wildman–Crippen LogP) is 1.03. The highest BCUT2D eigenvalue weighted by Crippen LogP contribution is 2.18. The zero-order chi connectivity index (χ0) is 12.2. The quantitative estimate of drug-likeness (QED) is 0.752. The minimum Gasteiger partial charge on any atom is -0.387 e. The van der Waals surface area contributed by atoms with Crippen LogP contribution in [0.2, 0.25) is 0 Å². The van der Waals surface area contributed by atoms with Crippen LogP contribution in [0.4, 0.5) is 0 Å². The van der Waals surface area contributed by atoms with Crippen LogP contribution in [0.1, 0.15) is 32.6 Å². The summed E-state index contributed by atoms with van der Waals surface area (Å²) in [5.74, 6) is 0.220. The molecule has 1 rings (SSSR count). The Kier molecular flexibility index (Phi) is 4.80. The molecule has 1 heterocycles. The summed E-state index contributed by atoms with van der Waals surface area (Å²) in [6.45, 7) is 1.78. The molecule has 0 spiro atoms. The average Bonchev–Trinajstić information content (AvgIpc) is 2.32. The molecule has 1 unspecified atom stereocenters. The number of carbonyl (C=O) groups excluding carboxylic acids is 2. The number of thioether (sulfide) groups is 1. The normalized spacial score (nSPS) is 21.8. The van der Waals surface area contributed by atoms with E-state index in [0.717, 1.165) is 12.8 Å². The Morgan fingerprint density at radius 2 is 1.81 bits per heavy atom. The molecule has 1 N–H and O–H groups in total. The first kappa shape index (κ1) is 13.5. The van der Waals surface area contributed by atoms with Gasteiger partial charge in [0.15, 0.2) is 0 Å². The summed E-state index contributed by atoms with van der Waals surface area (Å²) in [4.78, 5) is 24.6. The van der Waals surface area contributed by atoms with Crippen molar-refractivity contribution in [1.29, 1.82) is 0 Å².